The zero-order valence-corrected chi connectivity index (χ0v) is 13.9. The summed E-state index contributed by atoms with van der Waals surface area (Å²) in [4.78, 5) is 2.23. The highest BCUT2D eigenvalue weighted by Crippen LogP contribution is 2.30. The predicted molar refractivity (Wildman–Crippen MR) is 85.3 cm³/mol. The Morgan fingerprint density at radius 1 is 1.30 bits per heavy atom. The number of aryl methyl sites for hydroxylation is 2. The smallest absolute Gasteiger partial charge is 0.246 e. The van der Waals surface area contributed by atoms with E-state index in [-0.39, 0.29) is 4.90 Å². The van der Waals surface area contributed by atoms with E-state index in [1.54, 1.807) is 13.8 Å². The average molecular weight is 337 g/mol. The van der Waals surface area contributed by atoms with Gasteiger partial charge in [0.1, 0.15) is 22.9 Å². The van der Waals surface area contributed by atoms with Gasteiger partial charge in [-0.1, -0.05) is 17.3 Å². The van der Waals surface area contributed by atoms with Crippen molar-refractivity contribution in [3.8, 4) is 5.75 Å². The van der Waals surface area contributed by atoms with Crippen LogP contribution in [-0.2, 0) is 10.0 Å². The summed E-state index contributed by atoms with van der Waals surface area (Å²) in [5, 5.41) is 3.69. The van der Waals surface area contributed by atoms with Crippen LogP contribution in [0.2, 0.25) is 0 Å². The second kappa shape index (κ2) is 6.21. The monoisotopic (exact) mass is 337 g/mol. The molecule has 3 rings (SSSR count). The molecule has 0 spiro atoms. The summed E-state index contributed by atoms with van der Waals surface area (Å²) < 4.78 is 37.9. The number of hydrogen-bond acceptors (Lipinski definition) is 6. The van der Waals surface area contributed by atoms with Crippen molar-refractivity contribution < 1.29 is 17.7 Å². The molecule has 1 aliphatic rings. The van der Waals surface area contributed by atoms with E-state index in [9.17, 15) is 8.42 Å². The van der Waals surface area contributed by atoms with Gasteiger partial charge >= 0.3 is 0 Å². The van der Waals surface area contributed by atoms with Crippen LogP contribution in [-0.4, -0.2) is 39.8 Å². The lowest BCUT2D eigenvalue weighted by molar-refractivity contribution is 0.308. The maximum atomic E-state index is 12.4. The number of sulfonamides is 1. The molecule has 0 fully saturated rings. The molecule has 2 heterocycles. The quantitative estimate of drug-likeness (QED) is 0.889. The summed E-state index contributed by atoms with van der Waals surface area (Å²) in [6, 6.07) is 7.74. The average Bonchev–Trinajstić information content (AvgIpc) is 2.87. The number of ether oxygens (including phenoxy) is 1. The van der Waals surface area contributed by atoms with Gasteiger partial charge in [-0.3, -0.25) is 0 Å². The number of nitrogens with zero attached hydrogens (tertiary/aromatic N) is 2. The molecule has 2 aromatic rings. The van der Waals surface area contributed by atoms with Crippen LogP contribution in [0.3, 0.4) is 0 Å². The molecule has 0 bridgehead atoms. The molecule has 1 aromatic heterocycles. The van der Waals surface area contributed by atoms with Crippen molar-refractivity contribution in [1.82, 2.24) is 9.88 Å². The first-order chi connectivity index (χ1) is 11.0. The van der Waals surface area contributed by atoms with Crippen molar-refractivity contribution in [2.24, 2.45) is 0 Å². The number of anilines is 1. The van der Waals surface area contributed by atoms with E-state index in [4.69, 9.17) is 9.26 Å². The van der Waals surface area contributed by atoms with E-state index in [1.165, 1.54) is 0 Å². The largest absolute Gasteiger partial charge is 0.490 e. The first-order valence-corrected chi connectivity index (χ1v) is 8.86. The molecule has 0 atom stereocenters. The van der Waals surface area contributed by atoms with Crippen LogP contribution in [0, 0.1) is 13.8 Å². The number of para-hydroxylation sites is 2. The van der Waals surface area contributed by atoms with Crippen LogP contribution in [0.15, 0.2) is 33.7 Å². The van der Waals surface area contributed by atoms with Gasteiger partial charge < -0.3 is 14.2 Å². The Balaban J connectivity index is 1.67. The van der Waals surface area contributed by atoms with Crippen LogP contribution in [0.1, 0.15) is 11.5 Å². The summed E-state index contributed by atoms with van der Waals surface area (Å²) in [7, 11) is -3.62. The molecule has 0 radical (unpaired) electrons. The van der Waals surface area contributed by atoms with Crippen molar-refractivity contribution in [2.45, 2.75) is 18.7 Å². The second-order valence-electron chi connectivity index (χ2n) is 5.35. The number of benzene rings is 1. The van der Waals surface area contributed by atoms with Gasteiger partial charge in [0.15, 0.2) is 5.76 Å². The first-order valence-electron chi connectivity index (χ1n) is 7.38. The van der Waals surface area contributed by atoms with Crippen LogP contribution < -0.4 is 14.4 Å². The van der Waals surface area contributed by atoms with Gasteiger partial charge in [-0.05, 0) is 26.0 Å². The molecule has 0 amide bonds. The van der Waals surface area contributed by atoms with Crippen LogP contribution in [0.4, 0.5) is 5.69 Å². The predicted octanol–water partition coefficient (Wildman–Crippen LogP) is 1.47. The van der Waals surface area contributed by atoms with Gasteiger partial charge in [0.2, 0.25) is 10.0 Å². The lowest BCUT2D eigenvalue weighted by Gasteiger charge is -2.31. The van der Waals surface area contributed by atoms with Crippen molar-refractivity contribution in [2.75, 3.05) is 31.1 Å². The zero-order chi connectivity index (χ0) is 16.4. The first kappa shape index (κ1) is 15.8. The van der Waals surface area contributed by atoms with Crippen molar-refractivity contribution in [3.05, 3.63) is 35.7 Å². The highest BCUT2D eigenvalue weighted by Gasteiger charge is 2.24. The maximum absolute atomic E-state index is 12.4. The molecule has 0 unspecified atom stereocenters. The molecule has 1 aromatic carbocycles. The zero-order valence-electron chi connectivity index (χ0n) is 13.1. The van der Waals surface area contributed by atoms with Gasteiger partial charge in [-0.2, -0.15) is 0 Å². The second-order valence-corrected chi connectivity index (χ2v) is 7.06. The Kier molecular flexibility index (Phi) is 4.27. The molecular weight excluding hydrogens is 318 g/mol. The third-order valence-electron chi connectivity index (χ3n) is 3.74. The van der Waals surface area contributed by atoms with E-state index in [1.807, 2.05) is 24.3 Å². The van der Waals surface area contributed by atoms with E-state index in [0.717, 1.165) is 18.0 Å². The number of rotatable bonds is 5. The highest BCUT2D eigenvalue weighted by molar-refractivity contribution is 7.89. The minimum Gasteiger partial charge on any atom is -0.490 e. The molecule has 0 saturated carbocycles. The third kappa shape index (κ3) is 3.18. The van der Waals surface area contributed by atoms with E-state index < -0.39 is 10.0 Å². The highest BCUT2D eigenvalue weighted by atomic mass is 32.2. The molecule has 0 aliphatic carbocycles. The summed E-state index contributed by atoms with van der Waals surface area (Å²) >= 11 is 0. The van der Waals surface area contributed by atoms with Gasteiger partial charge in [0.25, 0.3) is 0 Å². The number of fused-ring (bicyclic) bond motifs is 1. The molecule has 1 N–H and O–H groups in total. The van der Waals surface area contributed by atoms with Crippen LogP contribution >= 0.6 is 0 Å². The molecule has 1 aliphatic heterocycles. The van der Waals surface area contributed by atoms with Crippen LogP contribution in [0.25, 0.3) is 0 Å². The Morgan fingerprint density at radius 2 is 2.09 bits per heavy atom. The minimum absolute atomic E-state index is 0.125. The summed E-state index contributed by atoms with van der Waals surface area (Å²) in [5.74, 6) is 1.12. The molecule has 8 heteroatoms. The standard InChI is InChI=1S/C15H19N3O4S/c1-11-15(12(2)22-17-11)23(19,20)16-7-8-18-9-10-21-14-6-4-3-5-13(14)18/h3-6,16H,7-10H2,1-2H3. The van der Waals surface area contributed by atoms with Crippen molar-refractivity contribution in [1.29, 1.82) is 0 Å². The Hall–Kier alpha value is -2.06. The lowest BCUT2D eigenvalue weighted by Crippen LogP contribution is -2.39. The SMILES string of the molecule is Cc1noc(C)c1S(=O)(=O)NCCN1CCOc2ccccc21. The molecular formula is C15H19N3O4S. The van der Waals surface area contributed by atoms with Crippen LogP contribution in [0.5, 0.6) is 5.75 Å². The van der Waals surface area contributed by atoms with E-state index in [0.29, 0.717) is 31.2 Å². The molecule has 7 nitrogen and oxygen atoms in total. The van der Waals surface area contributed by atoms with E-state index in [2.05, 4.69) is 14.8 Å². The van der Waals surface area contributed by atoms with Gasteiger partial charge in [-0.25, -0.2) is 13.1 Å². The van der Waals surface area contributed by atoms with E-state index >= 15 is 0 Å². The maximum Gasteiger partial charge on any atom is 0.246 e. The fraction of sp³-hybridized carbons (Fsp3) is 0.400. The Morgan fingerprint density at radius 3 is 2.83 bits per heavy atom. The number of hydrogen-bond donors (Lipinski definition) is 1. The molecule has 124 valence electrons. The number of aromatic nitrogens is 1. The summed E-state index contributed by atoms with van der Waals surface area (Å²) in [6.45, 7) is 5.37. The summed E-state index contributed by atoms with van der Waals surface area (Å²) in [6.07, 6.45) is 0. The summed E-state index contributed by atoms with van der Waals surface area (Å²) in [5.41, 5.74) is 1.35. The fourth-order valence-electron chi connectivity index (χ4n) is 2.70. The minimum atomic E-state index is -3.62. The Bertz CT molecular complexity index is 781. The molecule has 0 saturated heterocycles. The van der Waals surface area contributed by atoms with Gasteiger partial charge in [-0.15, -0.1) is 0 Å². The van der Waals surface area contributed by atoms with Gasteiger partial charge in [0, 0.05) is 13.1 Å². The topological polar surface area (TPSA) is 84.7 Å². The normalized spacial score (nSPS) is 14.4. The molecule has 23 heavy (non-hydrogen) atoms. The van der Waals surface area contributed by atoms with Gasteiger partial charge in [0.05, 0.1) is 12.2 Å². The van der Waals surface area contributed by atoms with Crippen molar-refractivity contribution in [3.63, 3.8) is 0 Å². The van der Waals surface area contributed by atoms with Crippen molar-refractivity contribution >= 4 is 15.7 Å². The number of nitrogens with one attached hydrogen (secondary N) is 1. The lowest BCUT2D eigenvalue weighted by atomic mass is 10.2. The Labute approximate surface area is 135 Å². The fourth-order valence-corrected chi connectivity index (χ4v) is 4.05. The third-order valence-corrected chi connectivity index (χ3v) is 5.44.